The van der Waals surface area contributed by atoms with Crippen LogP contribution in [0.15, 0.2) is 77.6 Å². The van der Waals surface area contributed by atoms with Crippen molar-refractivity contribution < 1.29 is 9.32 Å². The second-order valence-electron chi connectivity index (χ2n) is 6.02. The maximum absolute atomic E-state index is 12.6. The second kappa shape index (κ2) is 8.02. The zero-order valence-corrected chi connectivity index (χ0v) is 15.4. The quantitative estimate of drug-likeness (QED) is 0.537. The summed E-state index contributed by atoms with van der Waals surface area (Å²) in [5, 5.41) is 7.30. The highest BCUT2D eigenvalue weighted by Gasteiger charge is 2.14. The van der Waals surface area contributed by atoms with Crippen LogP contribution >= 0.6 is 11.6 Å². The van der Waals surface area contributed by atoms with Gasteiger partial charge in [0.2, 0.25) is 11.7 Å². The Kier molecular flexibility index (Phi) is 5.12. The molecule has 6 nitrogen and oxygen atoms in total. The third-order valence-electron chi connectivity index (χ3n) is 4.11. The lowest BCUT2D eigenvalue weighted by Gasteiger charge is -2.10. The van der Waals surface area contributed by atoms with Crippen LogP contribution < -0.4 is 5.32 Å². The van der Waals surface area contributed by atoms with E-state index in [1.54, 1.807) is 36.7 Å². The maximum atomic E-state index is 12.6. The highest BCUT2D eigenvalue weighted by Crippen LogP contribution is 2.22. The Morgan fingerprint density at radius 2 is 1.86 bits per heavy atom. The number of aromatic nitrogens is 3. The Morgan fingerprint density at radius 1 is 1.04 bits per heavy atom. The summed E-state index contributed by atoms with van der Waals surface area (Å²) in [5.41, 5.74) is 2.70. The molecule has 1 amide bonds. The molecule has 0 bridgehead atoms. The molecule has 1 N–H and O–H groups in total. The van der Waals surface area contributed by atoms with E-state index in [9.17, 15) is 4.79 Å². The van der Waals surface area contributed by atoms with E-state index in [1.807, 2.05) is 36.4 Å². The Bertz CT molecular complexity index is 1110. The van der Waals surface area contributed by atoms with Crippen LogP contribution in [-0.2, 0) is 6.42 Å². The van der Waals surface area contributed by atoms with Crippen molar-refractivity contribution in [2.75, 3.05) is 5.32 Å². The topological polar surface area (TPSA) is 80.9 Å². The molecule has 0 spiro atoms. The normalized spacial score (nSPS) is 10.6. The Balaban J connectivity index is 1.55. The molecule has 4 aromatic rings. The number of para-hydroxylation sites is 1. The fraction of sp³-hybridized carbons (Fsp3) is 0.0476. The van der Waals surface area contributed by atoms with Crippen molar-refractivity contribution in [3.63, 3.8) is 0 Å². The number of benzene rings is 2. The fourth-order valence-electron chi connectivity index (χ4n) is 2.73. The first-order valence-corrected chi connectivity index (χ1v) is 8.95. The van der Waals surface area contributed by atoms with E-state index in [4.69, 9.17) is 16.1 Å². The summed E-state index contributed by atoms with van der Waals surface area (Å²) >= 11 is 6.12. The summed E-state index contributed by atoms with van der Waals surface area (Å²) in [4.78, 5) is 21.0. The van der Waals surface area contributed by atoms with Crippen molar-refractivity contribution in [3.05, 3.63) is 95.1 Å². The lowest BCUT2D eigenvalue weighted by Crippen LogP contribution is -2.14. The Hall–Kier alpha value is -3.51. The SMILES string of the molecule is O=C(Nc1ccccc1Cc1nc(-c2cccnc2)no1)c1ccccc1Cl. The minimum absolute atomic E-state index is 0.278. The Morgan fingerprint density at radius 3 is 2.68 bits per heavy atom. The number of carbonyl (C=O) groups is 1. The van der Waals surface area contributed by atoms with Gasteiger partial charge in [0.05, 0.1) is 17.0 Å². The van der Waals surface area contributed by atoms with Crippen molar-refractivity contribution in [2.45, 2.75) is 6.42 Å². The lowest BCUT2D eigenvalue weighted by molar-refractivity contribution is 0.102. The number of carbonyl (C=O) groups excluding carboxylic acids is 1. The van der Waals surface area contributed by atoms with Gasteiger partial charge >= 0.3 is 0 Å². The van der Waals surface area contributed by atoms with Crippen molar-refractivity contribution >= 4 is 23.2 Å². The molecule has 0 saturated carbocycles. The number of hydrogen-bond acceptors (Lipinski definition) is 5. The number of nitrogens with one attached hydrogen (secondary N) is 1. The van der Waals surface area contributed by atoms with E-state index >= 15 is 0 Å². The molecule has 0 aliphatic rings. The van der Waals surface area contributed by atoms with Gasteiger partial charge in [-0.2, -0.15) is 4.98 Å². The smallest absolute Gasteiger partial charge is 0.257 e. The molecule has 4 rings (SSSR count). The van der Waals surface area contributed by atoms with Gasteiger partial charge in [-0.1, -0.05) is 47.1 Å². The summed E-state index contributed by atoms with van der Waals surface area (Å²) in [6, 6.07) is 18.0. The molecule has 28 heavy (non-hydrogen) atoms. The van der Waals surface area contributed by atoms with Crippen LogP contribution in [0.3, 0.4) is 0 Å². The molecule has 138 valence electrons. The first-order chi connectivity index (χ1) is 13.7. The van der Waals surface area contributed by atoms with Gasteiger partial charge in [0, 0.05) is 23.6 Å². The third kappa shape index (κ3) is 3.92. The van der Waals surface area contributed by atoms with E-state index in [2.05, 4.69) is 20.4 Å². The number of anilines is 1. The lowest BCUT2D eigenvalue weighted by atomic mass is 10.1. The average molecular weight is 391 g/mol. The molecule has 2 heterocycles. The Labute approximate surface area is 166 Å². The number of rotatable bonds is 5. The first kappa shape index (κ1) is 17.9. The molecule has 0 unspecified atom stereocenters. The van der Waals surface area contributed by atoms with Gasteiger partial charge in [-0.15, -0.1) is 0 Å². The maximum Gasteiger partial charge on any atom is 0.257 e. The van der Waals surface area contributed by atoms with E-state index in [0.717, 1.165) is 11.1 Å². The number of halogens is 1. The van der Waals surface area contributed by atoms with Crippen LogP contribution in [0.25, 0.3) is 11.4 Å². The van der Waals surface area contributed by atoms with Crippen LogP contribution in [0.1, 0.15) is 21.8 Å². The molecular weight excluding hydrogens is 376 g/mol. The van der Waals surface area contributed by atoms with Crippen molar-refractivity contribution in [3.8, 4) is 11.4 Å². The predicted molar refractivity (Wildman–Crippen MR) is 106 cm³/mol. The summed E-state index contributed by atoms with van der Waals surface area (Å²) in [6.07, 6.45) is 3.74. The standard InChI is InChI=1S/C21H15ClN4O2/c22-17-9-3-2-8-16(17)21(27)24-18-10-4-1-6-14(18)12-19-25-20(26-28-19)15-7-5-11-23-13-15/h1-11,13H,12H2,(H,24,27). The van der Waals surface area contributed by atoms with Crippen LogP contribution in [-0.4, -0.2) is 21.0 Å². The zero-order valence-electron chi connectivity index (χ0n) is 14.7. The van der Waals surface area contributed by atoms with Crippen molar-refractivity contribution in [1.82, 2.24) is 15.1 Å². The van der Waals surface area contributed by atoms with Gasteiger partial charge in [0.15, 0.2) is 0 Å². The molecular formula is C21H15ClN4O2. The van der Waals surface area contributed by atoms with Crippen LogP contribution in [0.4, 0.5) is 5.69 Å². The van der Waals surface area contributed by atoms with Crippen molar-refractivity contribution in [1.29, 1.82) is 0 Å². The first-order valence-electron chi connectivity index (χ1n) is 8.57. The van der Waals surface area contributed by atoms with E-state index in [0.29, 0.717) is 34.4 Å². The average Bonchev–Trinajstić information content (AvgIpc) is 3.19. The van der Waals surface area contributed by atoms with E-state index in [-0.39, 0.29) is 5.91 Å². The molecule has 0 aliphatic carbocycles. The zero-order chi connectivity index (χ0) is 19.3. The van der Waals surface area contributed by atoms with E-state index in [1.165, 1.54) is 0 Å². The van der Waals surface area contributed by atoms with Crippen LogP contribution in [0, 0.1) is 0 Å². The molecule has 0 radical (unpaired) electrons. The fourth-order valence-corrected chi connectivity index (χ4v) is 2.95. The molecule has 0 saturated heterocycles. The van der Waals surface area contributed by atoms with Gasteiger partial charge in [-0.3, -0.25) is 9.78 Å². The third-order valence-corrected chi connectivity index (χ3v) is 4.44. The number of nitrogens with zero attached hydrogens (tertiary/aromatic N) is 3. The minimum Gasteiger partial charge on any atom is -0.339 e. The summed E-state index contributed by atoms with van der Waals surface area (Å²) in [7, 11) is 0. The van der Waals surface area contributed by atoms with Crippen LogP contribution in [0.5, 0.6) is 0 Å². The van der Waals surface area contributed by atoms with E-state index < -0.39 is 0 Å². The summed E-state index contributed by atoms with van der Waals surface area (Å²) in [6.45, 7) is 0. The summed E-state index contributed by atoms with van der Waals surface area (Å²) in [5.74, 6) is 0.638. The molecule has 0 atom stereocenters. The number of pyridine rings is 1. The summed E-state index contributed by atoms with van der Waals surface area (Å²) < 4.78 is 5.36. The largest absolute Gasteiger partial charge is 0.339 e. The van der Waals surface area contributed by atoms with Crippen molar-refractivity contribution in [2.24, 2.45) is 0 Å². The van der Waals surface area contributed by atoms with Gasteiger partial charge in [0.25, 0.3) is 5.91 Å². The van der Waals surface area contributed by atoms with Gasteiger partial charge in [-0.05, 0) is 35.9 Å². The molecule has 0 fully saturated rings. The number of hydrogen-bond donors (Lipinski definition) is 1. The molecule has 2 aromatic carbocycles. The van der Waals surface area contributed by atoms with Gasteiger partial charge < -0.3 is 9.84 Å². The second-order valence-corrected chi connectivity index (χ2v) is 6.43. The minimum atomic E-state index is -0.278. The monoisotopic (exact) mass is 390 g/mol. The number of amides is 1. The molecule has 2 aromatic heterocycles. The molecule has 7 heteroatoms. The van der Waals surface area contributed by atoms with Gasteiger partial charge in [0.1, 0.15) is 0 Å². The highest BCUT2D eigenvalue weighted by molar-refractivity contribution is 6.34. The van der Waals surface area contributed by atoms with Gasteiger partial charge in [-0.25, -0.2) is 0 Å². The van der Waals surface area contributed by atoms with Crippen LogP contribution in [0.2, 0.25) is 5.02 Å². The highest BCUT2D eigenvalue weighted by atomic mass is 35.5. The molecule has 0 aliphatic heterocycles. The predicted octanol–water partition coefficient (Wildman–Crippen LogP) is 4.63.